The number of rotatable bonds is 2. The maximum atomic E-state index is 9.92. The Labute approximate surface area is 113 Å². The maximum Gasteiger partial charge on any atom is 0.113 e. The zero-order valence-electron chi connectivity index (χ0n) is 9.48. The summed E-state index contributed by atoms with van der Waals surface area (Å²) in [6, 6.07) is 7.07. The van der Waals surface area contributed by atoms with E-state index >= 15 is 0 Å². The van der Waals surface area contributed by atoms with Gasteiger partial charge in [-0.1, -0.05) is 28.1 Å². The fourth-order valence-electron chi connectivity index (χ4n) is 2.03. The van der Waals surface area contributed by atoms with E-state index in [4.69, 9.17) is 9.84 Å². The highest BCUT2D eigenvalue weighted by Gasteiger charge is 2.43. The summed E-state index contributed by atoms with van der Waals surface area (Å²) < 4.78 is 6.32. The topological polar surface area (TPSA) is 90.2 Å². The molecule has 18 heavy (non-hydrogen) atoms. The minimum atomic E-state index is -1.34. The van der Waals surface area contributed by atoms with Crippen molar-refractivity contribution in [1.82, 2.24) is 0 Å². The van der Waals surface area contributed by atoms with Gasteiger partial charge in [0.25, 0.3) is 0 Å². The molecule has 1 aliphatic rings. The van der Waals surface area contributed by atoms with Gasteiger partial charge in [-0.25, -0.2) is 0 Å². The molecule has 6 heteroatoms. The van der Waals surface area contributed by atoms with E-state index in [0.717, 1.165) is 4.47 Å². The first-order valence-electron chi connectivity index (χ1n) is 5.60. The Morgan fingerprint density at radius 1 is 1.00 bits per heavy atom. The quantitative estimate of drug-likeness (QED) is 0.614. The van der Waals surface area contributed by atoms with E-state index in [1.165, 1.54) is 0 Å². The first kappa shape index (κ1) is 13.9. The lowest BCUT2D eigenvalue weighted by atomic mass is 9.91. The van der Waals surface area contributed by atoms with E-state index in [1.54, 1.807) is 24.3 Å². The van der Waals surface area contributed by atoms with Crippen LogP contribution in [0.15, 0.2) is 28.7 Å². The summed E-state index contributed by atoms with van der Waals surface area (Å²) in [6.07, 6.45) is -5.55. The van der Waals surface area contributed by atoms with Crippen LogP contribution in [0.5, 0.6) is 0 Å². The summed E-state index contributed by atoms with van der Waals surface area (Å²) in [4.78, 5) is 0. The molecule has 1 aromatic carbocycles. The SMILES string of the molecule is OC[C@@H]1O[C@H](c2ccc(Br)cc2)[C@H](O)[C@@H](O)[C@@H]1O. The van der Waals surface area contributed by atoms with Gasteiger partial charge in [0.15, 0.2) is 0 Å². The van der Waals surface area contributed by atoms with Crippen molar-refractivity contribution in [3.8, 4) is 0 Å². The predicted molar refractivity (Wildman–Crippen MR) is 66.9 cm³/mol. The fraction of sp³-hybridized carbons (Fsp3) is 0.500. The van der Waals surface area contributed by atoms with Crippen LogP contribution < -0.4 is 0 Å². The van der Waals surface area contributed by atoms with Crippen LogP contribution in [-0.4, -0.2) is 51.4 Å². The van der Waals surface area contributed by atoms with Gasteiger partial charge in [-0.2, -0.15) is 0 Å². The maximum absolute atomic E-state index is 9.92. The van der Waals surface area contributed by atoms with E-state index in [1.807, 2.05) is 0 Å². The van der Waals surface area contributed by atoms with Crippen LogP contribution in [0.4, 0.5) is 0 Å². The molecule has 0 aromatic heterocycles. The highest BCUT2D eigenvalue weighted by Crippen LogP contribution is 2.32. The second-order valence-electron chi connectivity index (χ2n) is 4.30. The van der Waals surface area contributed by atoms with E-state index in [-0.39, 0.29) is 0 Å². The van der Waals surface area contributed by atoms with Gasteiger partial charge < -0.3 is 25.2 Å². The molecule has 0 saturated carbocycles. The van der Waals surface area contributed by atoms with Crippen molar-refractivity contribution in [2.45, 2.75) is 30.5 Å². The van der Waals surface area contributed by atoms with Gasteiger partial charge in [-0.05, 0) is 17.7 Å². The lowest BCUT2D eigenvalue weighted by Crippen LogP contribution is -2.55. The molecule has 1 aromatic rings. The number of aliphatic hydroxyl groups excluding tert-OH is 4. The molecule has 0 aliphatic carbocycles. The molecule has 5 nitrogen and oxygen atoms in total. The van der Waals surface area contributed by atoms with Crippen molar-refractivity contribution in [3.63, 3.8) is 0 Å². The van der Waals surface area contributed by atoms with Gasteiger partial charge in [-0.15, -0.1) is 0 Å². The van der Waals surface area contributed by atoms with Crippen LogP contribution in [0.2, 0.25) is 0 Å². The molecule has 1 saturated heterocycles. The summed E-state index contributed by atoms with van der Waals surface area (Å²) in [6.45, 7) is -0.419. The minimum Gasteiger partial charge on any atom is -0.394 e. The lowest BCUT2D eigenvalue weighted by molar-refractivity contribution is -0.231. The van der Waals surface area contributed by atoms with Crippen molar-refractivity contribution < 1.29 is 25.2 Å². The Morgan fingerprint density at radius 2 is 1.61 bits per heavy atom. The average Bonchev–Trinajstić information content (AvgIpc) is 2.38. The number of benzene rings is 1. The Bertz CT molecular complexity index is 394. The molecular formula is C12H15BrO5. The van der Waals surface area contributed by atoms with Crippen molar-refractivity contribution in [2.75, 3.05) is 6.61 Å². The highest BCUT2D eigenvalue weighted by atomic mass is 79.9. The molecule has 0 unspecified atom stereocenters. The van der Waals surface area contributed by atoms with Gasteiger partial charge in [0, 0.05) is 4.47 Å². The Kier molecular flexibility index (Phi) is 4.37. The molecule has 100 valence electrons. The zero-order valence-corrected chi connectivity index (χ0v) is 11.1. The summed E-state index contributed by atoms with van der Waals surface area (Å²) in [7, 11) is 0. The molecule has 0 radical (unpaired) electrons. The van der Waals surface area contributed by atoms with Crippen LogP contribution in [0.25, 0.3) is 0 Å². The molecule has 0 spiro atoms. The summed E-state index contributed by atoms with van der Waals surface area (Å²) in [5.41, 5.74) is 0.676. The molecule has 5 atom stereocenters. The van der Waals surface area contributed by atoms with Gasteiger partial charge in [-0.3, -0.25) is 0 Å². The van der Waals surface area contributed by atoms with Crippen molar-refractivity contribution in [1.29, 1.82) is 0 Å². The number of hydrogen-bond acceptors (Lipinski definition) is 5. The van der Waals surface area contributed by atoms with E-state index in [2.05, 4.69) is 15.9 Å². The first-order chi connectivity index (χ1) is 8.54. The minimum absolute atomic E-state index is 0.419. The van der Waals surface area contributed by atoms with Crippen LogP contribution in [-0.2, 0) is 4.74 Å². The Hall–Kier alpha value is -0.500. The Morgan fingerprint density at radius 3 is 2.17 bits per heavy atom. The molecule has 0 bridgehead atoms. The summed E-state index contributed by atoms with van der Waals surface area (Å²) in [5.74, 6) is 0. The second kappa shape index (κ2) is 5.64. The molecular weight excluding hydrogens is 304 g/mol. The standard InChI is InChI=1S/C12H15BrO5/c13-7-3-1-6(2-4-7)12-11(17)10(16)9(15)8(5-14)18-12/h1-4,8-12,14-17H,5H2/t8-,9+,10-,11+,12+/m0/s1. The van der Waals surface area contributed by atoms with Crippen molar-refractivity contribution in [2.24, 2.45) is 0 Å². The van der Waals surface area contributed by atoms with Gasteiger partial charge in [0.05, 0.1) is 6.61 Å². The molecule has 1 heterocycles. The molecule has 1 aliphatic heterocycles. The van der Waals surface area contributed by atoms with E-state index in [0.29, 0.717) is 5.56 Å². The fourth-order valence-corrected chi connectivity index (χ4v) is 2.29. The van der Waals surface area contributed by atoms with Crippen LogP contribution >= 0.6 is 15.9 Å². The van der Waals surface area contributed by atoms with E-state index in [9.17, 15) is 15.3 Å². The van der Waals surface area contributed by atoms with Crippen molar-refractivity contribution >= 4 is 15.9 Å². The largest absolute Gasteiger partial charge is 0.394 e. The normalized spacial score (nSPS) is 36.6. The average molecular weight is 319 g/mol. The van der Waals surface area contributed by atoms with Crippen molar-refractivity contribution in [3.05, 3.63) is 34.3 Å². The molecule has 1 fully saturated rings. The highest BCUT2D eigenvalue weighted by molar-refractivity contribution is 9.10. The number of aliphatic hydroxyl groups is 4. The summed E-state index contributed by atoms with van der Waals surface area (Å²) >= 11 is 3.30. The number of ether oxygens (including phenoxy) is 1. The summed E-state index contributed by atoms with van der Waals surface area (Å²) in [5, 5.41) is 38.4. The van der Waals surface area contributed by atoms with Gasteiger partial charge in [0.1, 0.15) is 30.5 Å². The molecule has 2 rings (SSSR count). The molecule has 0 amide bonds. The predicted octanol–water partition coefficient (Wildman–Crippen LogP) is -0.0360. The monoisotopic (exact) mass is 318 g/mol. The van der Waals surface area contributed by atoms with E-state index < -0.39 is 37.1 Å². The van der Waals surface area contributed by atoms with Crippen LogP contribution in [0.3, 0.4) is 0 Å². The second-order valence-corrected chi connectivity index (χ2v) is 5.22. The van der Waals surface area contributed by atoms with Crippen LogP contribution in [0.1, 0.15) is 11.7 Å². The Balaban J connectivity index is 2.24. The zero-order chi connectivity index (χ0) is 13.3. The van der Waals surface area contributed by atoms with Crippen LogP contribution in [0, 0.1) is 0 Å². The molecule has 4 N–H and O–H groups in total. The van der Waals surface area contributed by atoms with Gasteiger partial charge >= 0.3 is 0 Å². The third-order valence-electron chi connectivity index (χ3n) is 3.09. The lowest BCUT2D eigenvalue weighted by Gasteiger charge is -2.40. The third kappa shape index (κ3) is 2.59. The third-order valence-corrected chi connectivity index (χ3v) is 3.62. The number of halogens is 1. The first-order valence-corrected chi connectivity index (χ1v) is 6.40. The number of hydrogen-bond donors (Lipinski definition) is 4. The van der Waals surface area contributed by atoms with Gasteiger partial charge in [0.2, 0.25) is 0 Å². The smallest absolute Gasteiger partial charge is 0.113 e.